The first-order valence-corrected chi connectivity index (χ1v) is 37.8. The number of rotatable bonds is 14. The molecule has 0 unspecified atom stereocenters. The summed E-state index contributed by atoms with van der Waals surface area (Å²) >= 11 is 0. The van der Waals surface area contributed by atoms with Crippen LogP contribution in [-0.4, -0.2) is 202 Å². The molecule has 10 aromatic rings. The van der Waals surface area contributed by atoms with Crippen molar-refractivity contribution in [2.45, 2.75) is 55.3 Å². The summed E-state index contributed by atoms with van der Waals surface area (Å²) < 4.78 is 37.3. The number of imidazole rings is 1. The molecule has 8 aliphatic rings. The molecule has 0 aliphatic carbocycles. The van der Waals surface area contributed by atoms with Gasteiger partial charge in [-0.1, -0.05) is 71.6 Å². The molecule has 4 fully saturated rings. The molecular weight excluding hydrogens is 1600 g/mol. The second-order valence-corrected chi connectivity index (χ2v) is 28.9. The van der Waals surface area contributed by atoms with Gasteiger partial charge in [-0.3, -0.25) is 74.6 Å². The summed E-state index contributed by atoms with van der Waals surface area (Å²) in [5.41, 5.74) is 2.49. The zero-order valence-corrected chi connectivity index (χ0v) is 66.4. The number of aromatic nitrogens is 7. The van der Waals surface area contributed by atoms with Crippen LogP contribution in [0.3, 0.4) is 0 Å². The van der Waals surface area contributed by atoms with Crippen LogP contribution >= 0.6 is 0 Å². The molecule has 620 valence electrons. The number of ether oxygens (including phenoxy) is 4. The van der Waals surface area contributed by atoms with Crippen LogP contribution in [0.4, 0.5) is 23.6 Å². The lowest BCUT2D eigenvalue weighted by atomic mass is 9.99. The number of halogens is 1. The van der Waals surface area contributed by atoms with E-state index < -0.39 is 75.7 Å². The van der Waals surface area contributed by atoms with Crippen LogP contribution in [0, 0.1) is 60.1 Å². The van der Waals surface area contributed by atoms with E-state index in [1.54, 1.807) is 152 Å². The fourth-order valence-electron chi connectivity index (χ4n) is 14.5. The number of nitrogens with zero attached hydrogens (tertiary/aromatic N) is 11. The number of carbonyl (C=O) groups excluding carboxylic acids is 12. The highest BCUT2D eigenvalue weighted by Gasteiger charge is 2.53. The van der Waals surface area contributed by atoms with E-state index in [0.717, 1.165) is 33.8 Å². The Labute approximate surface area is 704 Å². The van der Waals surface area contributed by atoms with Gasteiger partial charge < -0.3 is 64.4 Å². The standard InChI is InChI=1S/C24H20N6O4.C23H18N6O4.C21H16FN3O4.C20H16N4O4/c1-15-26-7-8-30(15)18-9-16(11-25-12-18)5-6-24(22(32)27-23(33)28-24)14-29-13-17-3-4-19(34-2)10-20(17)21(29)31;1-33-18-4-3-16-13-28(20(30)19(16)10-18)14-23(21(31)26-22(32)27-23)6-5-15-9-17(12-24-11-15)29-8-2-7-25-29;1-29-16-7-4-14-11-25(18(26)17(14)10-16)12-21(19(27)23-20(28)24-21)9-8-13-2-5-15(22)6-3-13;1-28-15-5-4-14-11-24(17(25)16(14)9-15)12-20(18(26)22-19(27)23-20)7-6-13-3-2-8-21-10-13/h3-4,7-12H,13-14H2,1-2H3,(H2,27,28,32,33);2-4,7-12H,13-14H2,1H3,(H2,26,27,31,32);2-7,10H,11-12H2,1H3,(H2,23,24,27,28);2-5,8-10H,11-12H2,1H3,(H2,22,23,26,27)/t24-;23-;21-;20-/m1111/s1. The van der Waals surface area contributed by atoms with Gasteiger partial charge in [0.2, 0.25) is 22.2 Å². The number of methoxy groups -OCH3 is 4. The Morgan fingerprint density at radius 1 is 0.379 bits per heavy atom. The lowest BCUT2D eigenvalue weighted by molar-refractivity contribution is -0.123. The van der Waals surface area contributed by atoms with Crippen molar-refractivity contribution in [3.8, 4) is 81.7 Å². The number of carbonyl (C=O) groups is 12. The van der Waals surface area contributed by atoms with Gasteiger partial charge in [0.15, 0.2) is 0 Å². The Balaban J connectivity index is 0.000000128. The van der Waals surface area contributed by atoms with Crippen molar-refractivity contribution in [1.29, 1.82) is 0 Å². The quantitative estimate of drug-likeness (QED) is 0.0560. The van der Waals surface area contributed by atoms with E-state index in [9.17, 15) is 61.9 Å². The molecule has 0 bridgehead atoms. The van der Waals surface area contributed by atoms with E-state index >= 15 is 0 Å². The van der Waals surface area contributed by atoms with Crippen molar-refractivity contribution in [3.63, 3.8) is 0 Å². The molecule has 0 radical (unpaired) electrons. The number of benzene rings is 5. The van der Waals surface area contributed by atoms with E-state index in [2.05, 4.69) is 115 Å². The number of hydrogen-bond donors (Lipinski definition) is 8. The van der Waals surface area contributed by atoms with E-state index in [1.807, 2.05) is 29.7 Å². The third-order valence-corrected chi connectivity index (χ3v) is 20.8. The van der Waals surface area contributed by atoms with Gasteiger partial charge in [0.05, 0.1) is 78.4 Å². The average molecular weight is 1670 g/mol. The summed E-state index contributed by atoms with van der Waals surface area (Å²) in [7, 11) is 6.09. The van der Waals surface area contributed by atoms with Gasteiger partial charge in [0.25, 0.3) is 47.3 Å². The van der Waals surface area contributed by atoms with Crippen LogP contribution in [0.25, 0.3) is 11.4 Å². The highest BCUT2D eigenvalue weighted by Crippen LogP contribution is 2.34. The van der Waals surface area contributed by atoms with E-state index in [-0.39, 0.29) is 56.4 Å². The van der Waals surface area contributed by atoms with Crippen molar-refractivity contribution in [3.05, 3.63) is 268 Å². The predicted octanol–water partition coefficient (Wildman–Crippen LogP) is 4.13. The number of urea groups is 4. The molecule has 0 spiro atoms. The van der Waals surface area contributed by atoms with Gasteiger partial charge in [-0.25, -0.2) is 33.2 Å². The van der Waals surface area contributed by atoms with Gasteiger partial charge >= 0.3 is 24.1 Å². The van der Waals surface area contributed by atoms with Crippen molar-refractivity contribution < 1.29 is 80.9 Å². The zero-order valence-electron chi connectivity index (χ0n) is 66.4. The summed E-state index contributed by atoms with van der Waals surface area (Å²) in [6.45, 7) is 2.62. The summed E-state index contributed by atoms with van der Waals surface area (Å²) in [4.78, 5) is 172. The van der Waals surface area contributed by atoms with E-state index in [0.29, 0.717) is 92.8 Å². The summed E-state index contributed by atoms with van der Waals surface area (Å²) in [5, 5.41) is 23.3. The van der Waals surface area contributed by atoms with Gasteiger partial charge in [-0.2, -0.15) is 5.10 Å². The third-order valence-electron chi connectivity index (χ3n) is 20.8. The molecule has 35 nitrogen and oxygen atoms in total. The highest BCUT2D eigenvalue weighted by atomic mass is 19.1. The maximum absolute atomic E-state index is 13.1. The van der Waals surface area contributed by atoms with Crippen LogP contribution in [0.15, 0.2) is 189 Å². The van der Waals surface area contributed by atoms with E-state index in [1.165, 1.54) is 72.3 Å². The van der Waals surface area contributed by atoms with Gasteiger partial charge in [0.1, 0.15) is 34.6 Å². The van der Waals surface area contributed by atoms with Crippen molar-refractivity contribution in [2.24, 2.45) is 0 Å². The molecule has 13 heterocycles. The smallest absolute Gasteiger partial charge is 0.323 e. The van der Waals surface area contributed by atoms with Crippen LogP contribution in [0.2, 0.25) is 0 Å². The van der Waals surface area contributed by atoms with Crippen LogP contribution < -0.4 is 61.5 Å². The van der Waals surface area contributed by atoms with Crippen molar-refractivity contribution in [2.75, 3.05) is 54.6 Å². The molecular formula is C88H70FN19O16. The Hall–Kier alpha value is -17.0. The molecule has 4 atom stereocenters. The minimum atomic E-state index is -1.60. The molecule has 0 saturated carbocycles. The number of nitrogens with one attached hydrogen (secondary N) is 8. The monoisotopic (exact) mass is 1670 g/mol. The zero-order chi connectivity index (χ0) is 87.2. The first-order valence-electron chi connectivity index (χ1n) is 37.8. The van der Waals surface area contributed by atoms with E-state index in [4.69, 9.17) is 18.9 Å². The van der Waals surface area contributed by atoms with Crippen molar-refractivity contribution in [1.82, 2.24) is 96.4 Å². The fourth-order valence-corrected chi connectivity index (χ4v) is 14.5. The second-order valence-electron chi connectivity index (χ2n) is 28.9. The molecule has 5 aromatic carbocycles. The maximum atomic E-state index is 13.1. The summed E-state index contributed by atoms with van der Waals surface area (Å²) in [5.74, 6) is 22.0. The maximum Gasteiger partial charge on any atom is 0.323 e. The lowest BCUT2D eigenvalue weighted by Gasteiger charge is -2.26. The van der Waals surface area contributed by atoms with Crippen LogP contribution in [0.1, 0.15) is 91.8 Å². The number of aryl methyl sites for hydroxylation is 1. The third kappa shape index (κ3) is 17.1. The molecule has 8 aliphatic heterocycles. The topological polar surface area (TPSA) is 425 Å². The molecule has 4 saturated heterocycles. The predicted molar refractivity (Wildman–Crippen MR) is 434 cm³/mol. The Bertz CT molecular complexity index is 6400. The first-order chi connectivity index (χ1) is 59.8. The average Bonchev–Trinajstić information content (AvgIpc) is 1.63. The summed E-state index contributed by atoms with van der Waals surface area (Å²) in [6.07, 6.45) is 16.5. The second kappa shape index (κ2) is 34.1. The molecule has 5 aromatic heterocycles. The molecule has 8 N–H and O–H groups in total. The normalized spacial score (nSPS) is 19.4. The highest BCUT2D eigenvalue weighted by molar-refractivity contribution is 6.13. The minimum Gasteiger partial charge on any atom is -0.497 e. The first kappa shape index (κ1) is 82.1. The summed E-state index contributed by atoms with van der Waals surface area (Å²) in [6, 6.07) is 32.5. The number of pyridine rings is 3. The van der Waals surface area contributed by atoms with Gasteiger partial charge in [-0.05, 0) is 132 Å². The van der Waals surface area contributed by atoms with Gasteiger partial charge in [0, 0.05) is 120 Å². The van der Waals surface area contributed by atoms with Crippen LogP contribution in [-0.2, 0) is 45.4 Å². The number of imide groups is 4. The van der Waals surface area contributed by atoms with Crippen LogP contribution in [0.5, 0.6) is 23.0 Å². The number of fused-ring (bicyclic) bond motifs is 4. The van der Waals surface area contributed by atoms with Gasteiger partial charge in [-0.15, -0.1) is 0 Å². The lowest BCUT2D eigenvalue weighted by Crippen LogP contribution is -2.54. The molecule has 36 heteroatoms. The number of hydrogen-bond acceptors (Lipinski definition) is 21. The van der Waals surface area contributed by atoms with Crippen molar-refractivity contribution >= 4 is 71.4 Å². The SMILES string of the molecule is COc1ccc2c(c1)C(=O)N(C[C@@]1(C#Cc3ccc(F)cc3)NC(=O)NC1=O)C2.COc1ccc2c(c1)C(=O)N(C[C@@]1(C#Cc3cccnc3)NC(=O)NC1=O)C2.COc1ccc2c(c1)C(=O)N(C[C@@]1(C#Cc3cncc(-n4cccn4)c3)NC(=O)NC1=O)C2.COc1ccc2c(c1)C(=O)N(C[C@@]1(C#Cc3cncc(-n4ccnc4C)c3)NC(=O)NC1=O)C2. The Kier molecular flexibility index (Phi) is 22.6. The molecule has 18 rings (SSSR count). The number of amides is 16. The molecule has 124 heavy (non-hydrogen) atoms. The Morgan fingerprint density at radius 3 is 1.06 bits per heavy atom. The fraction of sp³-hybridized carbons (Fsp3) is 0.193. The Morgan fingerprint density at radius 2 is 0.734 bits per heavy atom. The minimum absolute atomic E-state index is 0.0757. The molecule has 16 amide bonds. The largest absolute Gasteiger partial charge is 0.497 e.